The maximum absolute atomic E-state index is 13.2. The number of carbonyl (C=O) groups is 4. The molecule has 1 aliphatic heterocycles. The minimum absolute atomic E-state index is 0.117. The number of esters is 1. The molecular formula is C29H26ClN3O6. The standard InChI is InChI=1S/C29H26ClN3O6/c1-4-14-39-29(37)18-9-11-20(12-10-18)32-26(34)19-6-5-7-21(16-19)31-25-24(30)27(35)33(28(25)36)22-15-17(2)8-13-23(22)38-3/h5-13,15-16,31H,4,14H2,1-3H3,(H,32,34). The van der Waals surface area contributed by atoms with Crippen LogP contribution in [0.5, 0.6) is 5.75 Å². The SMILES string of the molecule is CCCOC(=O)c1ccc(NC(=O)c2cccc(NC3=C(Cl)C(=O)N(c4cc(C)ccc4OC)C3=O)c2)cc1. The second kappa shape index (κ2) is 11.8. The summed E-state index contributed by atoms with van der Waals surface area (Å²) in [7, 11) is 1.44. The van der Waals surface area contributed by atoms with Crippen LogP contribution < -0.4 is 20.3 Å². The summed E-state index contributed by atoms with van der Waals surface area (Å²) in [5.41, 5.74) is 2.52. The lowest BCUT2D eigenvalue weighted by Crippen LogP contribution is -2.32. The van der Waals surface area contributed by atoms with Crippen molar-refractivity contribution in [2.75, 3.05) is 29.3 Å². The van der Waals surface area contributed by atoms with Gasteiger partial charge in [0.1, 0.15) is 16.5 Å². The number of rotatable bonds is 9. The lowest BCUT2D eigenvalue weighted by Gasteiger charge is -2.18. The van der Waals surface area contributed by atoms with Crippen molar-refractivity contribution in [3.8, 4) is 5.75 Å². The fraction of sp³-hybridized carbons (Fsp3) is 0.172. The molecular weight excluding hydrogens is 522 g/mol. The molecule has 2 N–H and O–H groups in total. The number of ether oxygens (including phenoxy) is 2. The highest BCUT2D eigenvalue weighted by Crippen LogP contribution is 2.36. The van der Waals surface area contributed by atoms with Crippen molar-refractivity contribution in [3.63, 3.8) is 0 Å². The minimum atomic E-state index is -0.691. The highest BCUT2D eigenvalue weighted by atomic mass is 35.5. The van der Waals surface area contributed by atoms with E-state index in [9.17, 15) is 19.2 Å². The van der Waals surface area contributed by atoms with Gasteiger partial charge in [-0.1, -0.05) is 30.7 Å². The first-order valence-electron chi connectivity index (χ1n) is 12.1. The molecule has 0 saturated heterocycles. The third-order valence-electron chi connectivity index (χ3n) is 5.81. The number of aryl methyl sites for hydroxylation is 1. The quantitative estimate of drug-likeness (QED) is 0.277. The molecule has 0 atom stereocenters. The Balaban J connectivity index is 1.48. The number of methoxy groups -OCH3 is 1. The molecule has 0 aromatic heterocycles. The van der Waals surface area contributed by atoms with Crippen LogP contribution in [0.15, 0.2) is 77.5 Å². The number of anilines is 3. The van der Waals surface area contributed by atoms with Crippen molar-refractivity contribution >= 4 is 52.4 Å². The van der Waals surface area contributed by atoms with Crippen LogP contribution in [-0.2, 0) is 14.3 Å². The molecule has 0 aliphatic carbocycles. The van der Waals surface area contributed by atoms with Gasteiger partial charge in [-0.15, -0.1) is 0 Å². The second-order valence-electron chi connectivity index (χ2n) is 8.68. The van der Waals surface area contributed by atoms with E-state index in [1.807, 2.05) is 13.8 Å². The first kappa shape index (κ1) is 27.4. The molecule has 0 saturated carbocycles. The average molecular weight is 548 g/mol. The van der Waals surface area contributed by atoms with Crippen LogP contribution in [-0.4, -0.2) is 37.4 Å². The van der Waals surface area contributed by atoms with Crippen molar-refractivity contribution in [2.24, 2.45) is 0 Å². The van der Waals surface area contributed by atoms with E-state index in [2.05, 4.69) is 10.6 Å². The predicted molar refractivity (Wildman–Crippen MR) is 148 cm³/mol. The van der Waals surface area contributed by atoms with E-state index < -0.39 is 23.7 Å². The molecule has 0 unspecified atom stereocenters. The molecule has 3 aromatic carbocycles. The van der Waals surface area contributed by atoms with Gasteiger partial charge in [0.25, 0.3) is 17.7 Å². The molecule has 3 amide bonds. The molecule has 200 valence electrons. The third-order valence-corrected chi connectivity index (χ3v) is 6.16. The number of imide groups is 1. The molecule has 39 heavy (non-hydrogen) atoms. The van der Waals surface area contributed by atoms with E-state index in [4.69, 9.17) is 21.1 Å². The molecule has 1 aliphatic rings. The third kappa shape index (κ3) is 5.94. The highest BCUT2D eigenvalue weighted by molar-refractivity contribution is 6.53. The van der Waals surface area contributed by atoms with Crippen LogP contribution in [0.4, 0.5) is 17.1 Å². The Morgan fingerprint density at radius 1 is 0.923 bits per heavy atom. The minimum Gasteiger partial charge on any atom is -0.495 e. The van der Waals surface area contributed by atoms with Crippen LogP contribution in [0.25, 0.3) is 0 Å². The Morgan fingerprint density at radius 2 is 1.67 bits per heavy atom. The number of hydrogen-bond acceptors (Lipinski definition) is 7. The molecule has 0 radical (unpaired) electrons. The van der Waals surface area contributed by atoms with E-state index in [1.54, 1.807) is 60.7 Å². The van der Waals surface area contributed by atoms with Gasteiger partial charge in [0, 0.05) is 16.9 Å². The van der Waals surface area contributed by atoms with Crippen molar-refractivity contribution in [1.29, 1.82) is 0 Å². The van der Waals surface area contributed by atoms with Gasteiger partial charge < -0.3 is 20.1 Å². The number of nitrogens with zero attached hydrogens (tertiary/aromatic N) is 1. The Hall–Kier alpha value is -4.63. The zero-order valence-corrected chi connectivity index (χ0v) is 22.3. The van der Waals surface area contributed by atoms with Gasteiger partial charge in [-0.2, -0.15) is 0 Å². The Bertz CT molecular complexity index is 1480. The maximum atomic E-state index is 13.2. The molecule has 10 heteroatoms. The van der Waals surface area contributed by atoms with Crippen molar-refractivity contribution in [3.05, 3.63) is 94.1 Å². The second-order valence-corrected chi connectivity index (χ2v) is 9.06. The first-order valence-corrected chi connectivity index (χ1v) is 12.5. The van der Waals surface area contributed by atoms with Gasteiger partial charge in [0.15, 0.2) is 0 Å². The van der Waals surface area contributed by atoms with Crippen LogP contribution in [0.2, 0.25) is 0 Å². The number of carbonyl (C=O) groups excluding carboxylic acids is 4. The molecule has 0 fully saturated rings. The van der Waals surface area contributed by atoms with Crippen LogP contribution in [0, 0.1) is 6.92 Å². The van der Waals surface area contributed by atoms with Gasteiger partial charge in [-0.3, -0.25) is 14.4 Å². The first-order chi connectivity index (χ1) is 18.7. The number of amides is 3. The largest absolute Gasteiger partial charge is 0.495 e. The number of hydrogen-bond donors (Lipinski definition) is 2. The Morgan fingerprint density at radius 3 is 2.36 bits per heavy atom. The number of benzene rings is 3. The summed E-state index contributed by atoms with van der Waals surface area (Å²) in [6.45, 7) is 4.07. The maximum Gasteiger partial charge on any atom is 0.338 e. The topological polar surface area (TPSA) is 114 Å². The van der Waals surface area contributed by atoms with E-state index in [1.165, 1.54) is 13.2 Å². The number of nitrogens with one attached hydrogen (secondary N) is 2. The van der Waals surface area contributed by atoms with Crippen LogP contribution >= 0.6 is 11.6 Å². The zero-order chi connectivity index (χ0) is 28.1. The zero-order valence-electron chi connectivity index (χ0n) is 21.5. The molecule has 9 nitrogen and oxygen atoms in total. The van der Waals surface area contributed by atoms with E-state index >= 15 is 0 Å². The Kier molecular flexibility index (Phi) is 8.31. The fourth-order valence-electron chi connectivity index (χ4n) is 3.86. The molecule has 0 bridgehead atoms. The van der Waals surface area contributed by atoms with Crippen LogP contribution in [0.1, 0.15) is 39.6 Å². The fourth-order valence-corrected chi connectivity index (χ4v) is 4.07. The highest BCUT2D eigenvalue weighted by Gasteiger charge is 2.40. The van der Waals surface area contributed by atoms with Crippen molar-refractivity contribution < 1.29 is 28.7 Å². The smallest absolute Gasteiger partial charge is 0.338 e. The summed E-state index contributed by atoms with van der Waals surface area (Å²) in [5, 5.41) is 5.36. The summed E-state index contributed by atoms with van der Waals surface area (Å²) in [6.07, 6.45) is 0.724. The van der Waals surface area contributed by atoms with Gasteiger partial charge in [0.2, 0.25) is 0 Å². The lowest BCUT2D eigenvalue weighted by molar-refractivity contribution is -0.120. The number of halogens is 1. The van der Waals surface area contributed by atoms with E-state index in [0.717, 1.165) is 16.9 Å². The average Bonchev–Trinajstić information content (AvgIpc) is 3.14. The molecule has 4 rings (SSSR count). The monoisotopic (exact) mass is 547 g/mol. The summed E-state index contributed by atoms with van der Waals surface area (Å²) < 4.78 is 10.4. The summed E-state index contributed by atoms with van der Waals surface area (Å²) >= 11 is 6.28. The summed E-state index contributed by atoms with van der Waals surface area (Å²) in [6, 6.07) is 17.8. The van der Waals surface area contributed by atoms with Gasteiger partial charge >= 0.3 is 5.97 Å². The van der Waals surface area contributed by atoms with Gasteiger partial charge in [0.05, 0.1) is 25.0 Å². The molecule has 0 spiro atoms. The van der Waals surface area contributed by atoms with E-state index in [-0.39, 0.29) is 22.0 Å². The van der Waals surface area contributed by atoms with Crippen LogP contribution in [0.3, 0.4) is 0 Å². The normalized spacial score (nSPS) is 13.0. The predicted octanol–water partition coefficient (Wildman–Crippen LogP) is 5.26. The molecule has 3 aromatic rings. The van der Waals surface area contributed by atoms with Gasteiger partial charge in [-0.05, 0) is 73.5 Å². The van der Waals surface area contributed by atoms with E-state index in [0.29, 0.717) is 29.3 Å². The van der Waals surface area contributed by atoms with Crippen molar-refractivity contribution in [2.45, 2.75) is 20.3 Å². The van der Waals surface area contributed by atoms with Crippen molar-refractivity contribution in [1.82, 2.24) is 0 Å². The summed E-state index contributed by atoms with van der Waals surface area (Å²) in [5.74, 6) is -1.84. The Labute approximate surface area is 230 Å². The van der Waals surface area contributed by atoms with Gasteiger partial charge in [-0.25, -0.2) is 9.69 Å². The lowest BCUT2D eigenvalue weighted by atomic mass is 10.1. The summed E-state index contributed by atoms with van der Waals surface area (Å²) in [4.78, 5) is 51.9. The molecule has 1 heterocycles.